The second kappa shape index (κ2) is 4.21. The number of para-hydroxylation sites is 1. The van der Waals surface area contributed by atoms with Gasteiger partial charge in [0, 0.05) is 19.3 Å². The zero-order valence-corrected chi connectivity index (χ0v) is 12.0. The molecule has 0 bridgehead atoms. The average Bonchev–Trinajstić information content (AvgIpc) is 3.14. The van der Waals surface area contributed by atoms with Crippen LogP contribution in [-0.2, 0) is 13.5 Å². The van der Waals surface area contributed by atoms with Crippen LogP contribution in [0.4, 0.5) is 5.69 Å². The third kappa shape index (κ3) is 1.55. The summed E-state index contributed by atoms with van der Waals surface area (Å²) in [5, 5.41) is 2.06. The molecule has 1 aliphatic rings. The van der Waals surface area contributed by atoms with Crippen LogP contribution in [0.5, 0.6) is 0 Å². The molecule has 4 rings (SSSR count). The van der Waals surface area contributed by atoms with Crippen molar-refractivity contribution in [1.29, 1.82) is 0 Å². The highest BCUT2D eigenvalue weighted by atomic mass is 32.1. The fourth-order valence-corrected chi connectivity index (χ4v) is 3.79. The third-order valence-corrected chi connectivity index (χ3v) is 4.87. The summed E-state index contributed by atoms with van der Waals surface area (Å²) < 4.78 is 3.16. The lowest BCUT2D eigenvalue weighted by Gasteiger charge is -2.17. The molecule has 2 aromatic heterocycles. The summed E-state index contributed by atoms with van der Waals surface area (Å²) in [6.45, 7) is 0.775. The first kappa shape index (κ1) is 11.7. The topological polar surface area (TPSA) is 25.2 Å². The Kier molecular flexibility index (Phi) is 2.47. The average molecular weight is 282 g/mol. The first-order chi connectivity index (χ1) is 9.75. The van der Waals surface area contributed by atoms with Gasteiger partial charge in [-0.25, -0.2) is 0 Å². The van der Waals surface area contributed by atoms with Crippen LogP contribution in [0.3, 0.4) is 0 Å². The molecule has 100 valence electrons. The van der Waals surface area contributed by atoms with Crippen molar-refractivity contribution in [3.63, 3.8) is 0 Å². The van der Waals surface area contributed by atoms with Crippen molar-refractivity contribution < 1.29 is 4.79 Å². The summed E-state index contributed by atoms with van der Waals surface area (Å²) in [5.41, 5.74) is 4.22. The maximum absolute atomic E-state index is 12.8. The lowest BCUT2D eigenvalue weighted by molar-refractivity contribution is 0.0982. The predicted octanol–water partition coefficient (Wildman–Crippen LogP) is 3.44. The van der Waals surface area contributed by atoms with Crippen LogP contribution in [0.25, 0.3) is 10.2 Å². The number of aromatic nitrogens is 1. The van der Waals surface area contributed by atoms with Gasteiger partial charge in [-0.1, -0.05) is 18.2 Å². The van der Waals surface area contributed by atoms with Gasteiger partial charge in [-0.05, 0) is 35.6 Å². The molecule has 0 aliphatic carbocycles. The number of anilines is 1. The minimum atomic E-state index is 0.0980. The van der Waals surface area contributed by atoms with Gasteiger partial charge < -0.3 is 9.47 Å². The van der Waals surface area contributed by atoms with Crippen molar-refractivity contribution in [2.24, 2.45) is 7.05 Å². The number of aryl methyl sites for hydroxylation is 1. The van der Waals surface area contributed by atoms with E-state index in [4.69, 9.17) is 0 Å². The molecule has 4 heteroatoms. The van der Waals surface area contributed by atoms with Crippen molar-refractivity contribution in [1.82, 2.24) is 4.57 Å². The monoisotopic (exact) mass is 282 g/mol. The van der Waals surface area contributed by atoms with Gasteiger partial charge in [0.25, 0.3) is 5.91 Å². The maximum atomic E-state index is 12.8. The van der Waals surface area contributed by atoms with Gasteiger partial charge in [-0.15, -0.1) is 11.3 Å². The van der Waals surface area contributed by atoms with Gasteiger partial charge >= 0.3 is 0 Å². The van der Waals surface area contributed by atoms with Crippen LogP contribution < -0.4 is 4.90 Å². The Hall–Kier alpha value is -2.07. The lowest BCUT2D eigenvalue weighted by atomic mass is 10.2. The standard InChI is InChI=1S/C16H14N2OS/c1-17-13-7-9-20-15(13)10-14(17)16(19)18-8-6-11-4-2-3-5-12(11)18/h2-5,7,9-10H,6,8H2,1H3. The van der Waals surface area contributed by atoms with E-state index in [9.17, 15) is 4.79 Å². The minimum absolute atomic E-state index is 0.0980. The van der Waals surface area contributed by atoms with Crippen LogP contribution in [0.2, 0.25) is 0 Å². The summed E-state index contributed by atoms with van der Waals surface area (Å²) in [6.07, 6.45) is 0.945. The van der Waals surface area contributed by atoms with Gasteiger partial charge in [-0.3, -0.25) is 4.79 Å². The predicted molar refractivity (Wildman–Crippen MR) is 82.6 cm³/mol. The van der Waals surface area contributed by atoms with E-state index in [1.807, 2.05) is 40.8 Å². The van der Waals surface area contributed by atoms with Crippen LogP contribution in [0.1, 0.15) is 16.1 Å². The number of hydrogen-bond donors (Lipinski definition) is 0. The number of benzene rings is 1. The third-order valence-electron chi connectivity index (χ3n) is 4.02. The SMILES string of the molecule is Cn1c(C(=O)N2CCc3ccccc32)cc2sccc21. The Morgan fingerprint density at radius 2 is 2.10 bits per heavy atom. The molecule has 0 spiro atoms. The van der Waals surface area contributed by atoms with Gasteiger partial charge in [0.05, 0.1) is 10.2 Å². The van der Waals surface area contributed by atoms with Crippen LogP contribution >= 0.6 is 11.3 Å². The Morgan fingerprint density at radius 3 is 2.95 bits per heavy atom. The van der Waals surface area contributed by atoms with Crippen molar-refractivity contribution in [2.45, 2.75) is 6.42 Å². The quantitative estimate of drug-likeness (QED) is 0.671. The lowest BCUT2D eigenvalue weighted by Crippen LogP contribution is -2.30. The molecule has 3 aromatic rings. The second-order valence-corrected chi connectivity index (χ2v) is 6.04. The Labute approximate surface area is 121 Å². The highest BCUT2D eigenvalue weighted by Gasteiger charge is 2.27. The van der Waals surface area contributed by atoms with E-state index in [0.717, 1.165) is 29.9 Å². The molecule has 0 unspecified atom stereocenters. The Balaban J connectivity index is 1.78. The number of carbonyl (C=O) groups is 1. The van der Waals surface area contributed by atoms with Gasteiger partial charge in [0.15, 0.2) is 0 Å². The molecular weight excluding hydrogens is 268 g/mol. The summed E-state index contributed by atoms with van der Waals surface area (Å²) in [7, 11) is 1.96. The molecule has 0 radical (unpaired) electrons. The number of hydrogen-bond acceptors (Lipinski definition) is 2. The fraction of sp³-hybridized carbons (Fsp3) is 0.188. The first-order valence-electron chi connectivity index (χ1n) is 6.68. The van der Waals surface area contributed by atoms with E-state index in [1.165, 1.54) is 10.3 Å². The van der Waals surface area contributed by atoms with Gasteiger partial charge in [0.1, 0.15) is 5.69 Å². The van der Waals surface area contributed by atoms with Crippen molar-refractivity contribution in [2.75, 3.05) is 11.4 Å². The number of amides is 1. The van der Waals surface area contributed by atoms with E-state index in [1.54, 1.807) is 11.3 Å². The molecule has 1 aliphatic heterocycles. The highest BCUT2D eigenvalue weighted by Crippen LogP contribution is 2.31. The molecule has 3 nitrogen and oxygen atoms in total. The van der Waals surface area contributed by atoms with Gasteiger partial charge in [-0.2, -0.15) is 0 Å². The van der Waals surface area contributed by atoms with E-state index >= 15 is 0 Å². The Morgan fingerprint density at radius 1 is 1.25 bits per heavy atom. The van der Waals surface area contributed by atoms with E-state index < -0.39 is 0 Å². The molecular formula is C16H14N2OS. The maximum Gasteiger partial charge on any atom is 0.274 e. The number of fused-ring (bicyclic) bond motifs is 2. The highest BCUT2D eigenvalue weighted by molar-refractivity contribution is 7.17. The van der Waals surface area contributed by atoms with Crippen molar-refractivity contribution in [3.05, 3.63) is 53.0 Å². The minimum Gasteiger partial charge on any atom is -0.339 e. The number of rotatable bonds is 1. The molecule has 0 saturated heterocycles. The second-order valence-electron chi connectivity index (χ2n) is 5.09. The van der Waals surface area contributed by atoms with E-state index in [-0.39, 0.29) is 5.91 Å². The molecule has 0 saturated carbocycles. The summed E-state index contributed by atoms with van der Waals surface area (Å²) in [5.74, 6) is 0.0980. The zero-order valence-electron chi connectivity index (χ0n) is 11.2. The fourth-order valence-electron chi connectivity index (χ4n) is 2.94. The first-order valence-corrected chi connectivity index (χ1v) is 7.56. The van der Waals surface area contributed by atoms with Crippen LogP contribution in [0.15, 0.2) is 41.8 Å². The summed E-state index contributed by atoms with van der Waals surface area (Å²) >= 11 is 1.68. The normalized spacial score (nSPS) is 13.9. The van der Waals surface area contributed by atoms with E-state index in [2.05, 4.69) is 17.5 Å². The molecule has 3 heterocycles. The summed E-state index contributed by atoms with van der Waals surface area (Å²) in [4.78, 5) is 14.7. The molecule has 1 aromatic carbocycles. The molecule has 1 amide bonds. The number of carbonyl (C=O) groups excluding carboxylic acids is 1. The van der Waals surface area contributed by atoms with Crippen LogP contribution in [0, 0.1) is 0 Å². The van der Waals surface area contributed by atoms with E-state index in [0.29, 0.717) is 0 Å². The largest absolute Gasteiger partial charge is 0.339 e. The van der Waals surface area contributed by atoms with Gasteiger partial charge in [0.2, 0.25) is 0 Å². The smallest absolute Gasteiger partial charge is 0.274 e. The summed E-state index contributed by atoms with van der Waals surface area (Å²) in [6, 6.07) is 12.2. The molecule has 0 atom stereocenters. The van der Waals surface area contributed by atoms with Crippen LogP contribution in [-0.4, -0.2) is 17.0 Å². The molecule has 0 N–H and O–H groups in total. The van der Waals surface area contributed by atoms with Crippen molar-refractivity contribution in [3.8, 4) is 0 Å². The molecule has 0 fully saturated rings. The zero-order chi connectivity index (χ0) is 13.7. The van der Waals surface area contributed by atoms with Crippen molar-refractivity contribution >= 4 is 33.1 Å². The Bertz CT molecular complexity index is 815. The number of thiophene rings is 1. The number of nitrogens with zero attached hydrogens (tertiary/aromatic N) is 2. The molecule has 20 heavy (non-hydrogen) atoms.